The molecule has 3 aromatic rings. The van der Waals surface area contributed by atoms with Crippen LogP contribution < -0.4 is 10.1 Å². The van der Waals surface area contributed by atoms with E-state index in [0.717, 1.165) is 48.8 Å². The zero-order valence-corrected chi connectivity index (χ0v) is 16.4. The van der Waals surface area contributed by atoms with Crippen molar-refractivity contribution in [3.63, 3.8) is 0 Å². The minimum Gasteiger partial charge on any atom is -0.493 e. The highest BCUT2D eigenvalue weighted by molar-refractivity contribution is 5.88. The zero-order valence-electron chi connectivity index (χ0n) is 16.4. The highest BCUT2D eigenvalue weighted by atomic mass is 16.5. The van der Waals surface area contributed by atoms with E-state index in [1.165, 1.54) is 30.5 Å². The van der Waals surface area contributed by atoms with Crippen LogP contribution in [0.2, 0.25) is 0 Å². The standard InChI is InChI=1S/C23H26N4O2/c1-2-4-20-17(3-1)21(16(12-29-20)6-5-14-10-28-11-14)27-23-18-9-19(15-7-8-15)26-22(18)24-13-25-23/h1-4,9,13-16,21H,5-8,10-12H2,(H2,24,25,26,27). The van der Waals surface area contributed by atoms with Crippen LogP contribution in [-0.2, 0) is 4.74 Å². The third kappa shape index (κ3) is 3.25. The van der Waals surface area contributed by atoms with Gasteiger partial charge in [-0.3, -0.25) is 0 Å². The summed E-state index contributed by atoms with van der Waals surface area (Å²) in [6.45, 7) is 2.54. The number of aromatic nitrogens is 3. The summed E-state index contributed by atoms with van der Waals surface area (Å²) >= 11 is 0. The van der Waals surface area contributed by atoms with Gasteiger partial charge in [-0.15, -0.1) is 0 Å². The number of ether oxygens (including phenoxy) is 2. The van der Waals surface area contributed by atoms with Crippen LogP contribution in [0.5, 0.6) is 5.75 Å². The van der Waals surface area contributed by atoms with Crippen molar-refractivity contribution in [1.82, 2.24) is 15.0 Å². The average molecular weight is 390 g/mol. The molecule has 6 nitrogen and oxygen atoms in total. The van der Waals surface area contributed by atoms with E-state index in [4.69, 9.17) is 9.47 Å². The van der Waals surface area contributed by atoms with Crippen molar-refractivity contribution < 1.29 is 9.47 Å². The largest absolute Gasteiger partial charge is 0.493 e. The first-order valence-corrected chi connectivity index (χ1v) is 10.7. The van der Waals surface area contributed by atoms with Gasteiger partial charge in [-0.2, -0.15) is 0 Å². The van der Waals surface area contributed by atoms with Crippen LogP contribution in [-0.4, -0.2) is 34.8 Å². The van der Waals surface area contributed by atoms with Crippen molar-refractivity contribution in [1.29, 1.82) is 0 Å². The Kier molecular flexibility index (Phi) is 4.18. The van der Waals surface area contributed by atoms with E-state index in [1.807, 2.05) is 6.07 Å². The van der Waals surface area contributed by atoms with Crippen LogP contribution in [0.3, 0.4) is 0 Å². The van der Waals surface area contributed by atoms with Gasteiger partial charge in [-0.1, -0.05) is 18.2 Å². The van der Waals surface area contributed by atoms with E-state index in [9.17, 15) is 0 Å². The van der Waals surface area contributed by atoms with Crippen LogP contribution in [0.25, 0.3) is 11.0 Å². The summed E-state index contributed by atoms with van der Waals surface area (Å²) in [5.41, 5.74) is 3.43. The predicted octanol–water partition coefficient (Wildman–Crippen LogP) is 4.42. The number of hydrogen-bond donors (Lipinski definition) is 2. The summed E-state index contributed by atoms with van der Waals surface area (Å²) in [6, 6.07) is 10.8. The lowest BCUT2D eigenvalue weighted by Crippen LogP contribution is -2.33. The second-order valence-corrected chi connectivity index (χ2v) is 8.70. The van der Waals surface area contributed by atoms with E-state index in [-0.39, 0.29) is 6.04 Å². The Balaban J connectivity index is 1.32. The zero-order chi connectivity index (χ0) is 19.2. The highest BCUT2D eigenvalue weighted by Gasteiger charge is 2.33. The van der Waals surface area contributed by atoms with E-state index >= 15 is 0 Å². The van der Waals surface area contributed by atoms with Gasteiger partial charge in [-0.05, 0) is 43.7 Å². The summed E-state index contributed by atoms with van der Waals surface area (Å²) in [5, 5.41) is 4.87. The Bertz CT molecular complexity index is 1020. The Morgan fingerprint density at radius 2 is 1.97 bits per heavy atom. The van der Waals surface area contributed by atoms with E-state index in [0.29, 0.717) is 17.8 Å². The maximum atomic E-state index is 6.11. The lowest BCUT2D eigenvalue weighted by molar-refractivity contribution is -0.0392. The predicted molar refractivity (Wildman–Crippen MR) is 111 cm³/mol. The van der Waals surface area contributed by atoms with Gasteiger partial charge in [0.2, 0.25) is 0 Å². The molecule has 2 atom stereocenters. The molecule has 2 unspecified atom stereocenters. The molecule has 0 bridgehead atoms. The smallest absolute Gasteiger partial charge is 0.143 e. The molecular formula is C23H26N4O2. The Hall–Kier alpha value is -2.60. The first-order valence-electron chi connectivity index (χ1n) is 10.7. The average Bonchev–Trinajstić information content (AvgIpc) is 3.47. The van der Waals surface area contributed by atoms with Crippen molar-refractivity contribution in [2.24, 2.45) is 11.8 Å². The van der Waals surface area contributed by atoms with Gasteiger partial charge >= 0.3 is 0 Å². The number of nitrogens with zero attached hydrogens (tertiary/aromatic N) is 2. The van der Waals surface area contributed by atoms with Gasteiger partial charge < -0.3 is 19.8 Å². The first-order chi connectivity index (χ1) is 14.3. The fourth-order valence-corrected chi connectivity index (χ4v) is 4.60. The molecule has 0 radical (unpaired) electrons. The molecular weight excluding hydrogens is 364 g/mol. The topological polar surface area (TPSA) is 72.1 Å². The van der Waals surface area contributed by atoms with Crippen LogP contribution in [0.15, 0.2) is 36.7 Å². The first kappa shape index (κ1) is 17.3. The van der Waals surface area contributed by atoms with Gasteiger partial charge in [0, 0.05) is 23.1 Å². The Morgan fingerprint density at radius 1 is 1.07 bits per heavy atom. The van der Waals surface area contributed by atoms with Crippen LogP contribution in [0.1, 0.15) is 48.9 Å². The summed E-state index contributed by atoms with van der Waals surface area (Å²) < 4.78 is 11.5. The lowest BCUT2D eigenvalue weighted by atomic mass is 9.85. The molecule has 6 rings (SSSR count). The minimum atomic E-state index is 0.179. The number of para-hydroxylation sites is 1. The molecule has 6 heteroatoms. The molecule has 1 aromatic carbocycles. The van der Waals surface area contributed by atoms with E-state index in [1.54, 1.807) is 6.33 Å². The van der Waals surface area contributed by atoms with E-state index in [2.05, 4.69) is 44.5 Å². The fourth-order valence-electron chi connectivity index (χ4n) is 4.60. The number of aromatic amines is 1. The van der Waals surface area contributed by atoms with Gasteiger partial charge in [0.15, 0.2) is 0 Å². The summed E-state index contributed by atoms with van der Waals surface area (Å²) in [4.78, 5) is 12.6. The molecule has 2 aliphatic heterocycles. The quantitative estimate of drug-likeness (QED) is 0.652. The third-order valence-corrected chi connectivity index (χ3v) is 6.59. The molecule has 4 heterocycles. The lowest BCUT2D eigenvalue weighted by Gasteiger charge is -2.36. The van der Waals surface area contributed by atoms with Crippen molar-refractivity contribution in [2.45, 2.75) is 37.6 Å². The number of fused-ring (bicyclic) bond motifs is 2. The van der Waals surface area contributed by atoms with Crippen molar-refractivity contribution in [3.05, 3.63) is 47.9 Å². The molecule has 2 fully saturated rings. The number of nitrogens with one attached hydrogen (secondary N) is 2. The Morgan fingerprint density at radius 3 is 2.79 bits per heavy atom. The molecule has 2 N–H and O–H groups in total. The third-order valence-electron chi connectivity index (χ3n) is 6.59. The second kappa shape index (κ2) is 7.02. The van der Waals surface area contributed by atoms with Crippen molar-refractivity contribution in [2.75, 3.05) is 25.1 Å². The molecule has 0 amide bonds. The summed E-state index contributed by atoms with van der Waals surface area (Å²) in [5.74, 6) is 3.66. The normalized spacial score (nSPS) is 24.0. The molecule has 1 saturated carbocycles. The summed E-state index contributed by atoms with van der Waals surface area (Å²) in [7, 11) is 0. The van der Waals surface area contributed by atoms with Crippen molar-refractivity contribution in [3.8, 4) is 5.75 Å². The number of hydrogen-bond acceptors (Lipinski definition) is 5. The number of H-pyrrole nitrogens is 1. The van der Waals surface area contributed by atoms with Crippen LogP contribution >= 0.6 is 0 Å². The second-order valence-electron chi connectivity index (χ2n) is 8.70. The number of benzene rings is 1. The van der Waals surface area contributed by atoms with Gasteiger partial charge in [0.1, 0.15) is 23.5 Å². The van der Waals surface area contributed by atoms with Gasteiger partial charge in [-0.25, -0.2) is 9.97 Å². The maximum Gasteiger partial charge on any atom is 0.143 e. The molecule has 0 spiro atoms. The molecule has 1 aliphatic carbocycles. The number of anilines is 1. The van der Waals surface area contributed by atoms with Crippen molar-refractivity contribution >= 4 is 16.9 Å². The molecule has 3 aliphatic rings. The highest BCUT2D eigenvalue weighted by Crippen LogP contribution is 2.43. The van der Waals surface area contributed by atoms with Crippen LogP contribution in [0, 0.1) is 11.8 Å². The summed E-state index contributed by atoms with van der Waals surface area (Å²) in [6.07, 6.45) is 6.49. The number of rotatable bonds is 6. The maximum absolute atomic E-state index is 6.11. The molecule has 29 heavy (non-hydrogen) atoms. The SMILES string of the molecule is c1ccc2c(c1)OCC(CCC1COC1)C2Nc1ncnc2[nH]c(C3CC3)cc12. The molecule has 2 aromatic heterocycles. The molecule has 1 saturated heterocycles. The monoisotopic (exact) mass is 390 g/mol. The van der Waals surface area contributed by atoms with Gasteiger partial charge in [0.25, 0.3) is 0 Å². The minimum absolute atomic E-state index is 0.179. The van der Waals surface area contributed by atoms with Gasteiger partial charge in [0.05, 0.1) is 31.2 Å². The van der Waals surface area contributed by atoms with Crippen LogP contribution in [0.4, 0.5) is 5.82 Å². The van der Waals surface area contributed by atoms with E-state index < -0.39 is 0 Å². The Labute approximate surface area is 170 Å². The fraction of sp³-hybridized carbons (Fsp3) is 0.478. The molecule has 150 valence electrons.